The number of likely N-dealkylation sites (tertiary alicyclic amines) is 1. The van der Waals surface area contributed by atoms with Gasteiger partial charge >= 0.3 is 0 Å². The molecule has 2 saturated heterocycles. The topological polar surface area (TPSA) is 62.7 Å². The fourth-order valence-corrected chi connectivity index (χ4v) is 3.93. The molecule has 2 fully saturated rings. The first-order valence-electron chi connectivity index (χ1n) is 9.85. The third-order valence-corrected chi connectivity index (χ3v) is 5.58. The Morgan fingerprint density at radius 2 is 1.82 bits per heavy atom. The summed E-state index contributed by atoms with van der Waals surface area (Å²) in [6.07, 6.45) is 5.18. The van der Waals surface area contributed by atoms with E-state index in [4.69, 9.17) is 4.74 Å². The van der Waals surface area contributed by atoms with E-state index >= 15 is 0 Å². The number of hydrogen-bond acceptors (Lipinski definition) is 4. The monoisotopic (exact) mass is 379 g/mol. The van der Waals surface area contributed by atoms with Crippen LogP contribution in [0.2, 0.25) is 0 Å². The molecule has 28 heavy (non-hydrogen) atoms. The van der Waals surface area contributed by atoms with E-state index in [1.807, 2.05) is 48.2 Å². The van der Waals surface area contributed by atoms with Gasteiger partial charge in [0.1, 0.15) is 6.10 Å². The molecule has 1 aromatic heterocycles. The number of benzene rings is 1. The van der Waals surface area contributed by atoms with Crippen molar-refractivity contribution in [2.45, 2.75) is 38.4 Å². The predicted octanol–water partition coefficient (Wildman–Crippen LogP) is 2.82. The van der Waals surface area contributed by atoms with Gasteiger partial charge < -0.3 is 14.5 Å². The zero-order chi connectivity index (χ0) is 19.5. The number of pyridine rings is 1. The minimum Gasteiger partial charge on any atom is -0.365 e. The lowest BCUT2D eigenvalue weighted by molar-refractivity contribution is -0.132. The second-order valence-corrected chi connectivity index (χ2v) is 7.42. The lowest BCUT2D eigenvalue weighted by Crippen LogP contribution is -2.43. The van der Waals surface area contributed by atoms with Crippen LogP contribution in [0.1, 0.15) is 35.2 Å². The van der Waals surface area contributed by atoms with Crippen molar-refractivity contribution in [3.63, 3.8) is 0 Å². The van der Waals surface area contributed by atoms with E-state index in [1.54, 1.807) is 17.3 Å². The number of aryl methyl sites for hydroxylation is 1. The zero-order valence-corrected chi connectivity index (χ0v) is 16.1. The molecule has 2 aliphatic heterocycles. The Bertz CT molecular complexity index is 847. The number of ether oxygens (including phenoxy) is 1. The van der Waals surface area contributed by atoms with Crippen molar-refractivity contribution in [1.82, 2.24) is 9.88 Å². The van der Waals surface area contributed by atoms with Gasteiger partial charge in [-0.2, -0.15) is 0 Å². The van der Waals surface area contributed by atoms with Gasteiger partial charge in [-0.25, -0.2) is 0 Å². The number of hydrogen-bond donors (Lipinski definition) is 0. The fourth-order valence-electron chi connectivity index (χ4n) is 3.93. The first-order valence-corrected chi connectivity index (χ1v) is 9.85. The standard InChI is InChI=1S/C22H25N3O3/c1-16-7-11-23-15-19(16)21(26)24-12-8-18(9-13-24)28-20-10-14-25(22(20)27)17-5-3-2-4-6-17/h2-7,11,15,18,20H,8-10,12-14H2,1H3. The van der Waals surface area contributed by atoms with E-state index in [1.165, 1.54) is 0 Å². The van der Waals surface area contributed by atoms with Gasteiger partial charge in [0.25, 0.3) is 11.8 Å². The van der Waals surface area contributed by atoms with Crippen molar-refractivity contribution in [2.24, 2.45) is 0 Å². The van der Waals surface area contributed by atoms with Gasteiger partial charge in [-0.3, -0.25) is 14.6 Å². The predicted molar refractivity (Wildman–Crippen MR) is 106 cm³/mol. The van der Waals surface area contributed by atoms with Gasteiger partial charge in [-0.05, 0) is 43.5 Å². The maximum atomic E-state index is 12.7. The van der Waals surface area contributed by atoms with Crippen LogP contribution in [0.15, 0.2) is 48.8 Å². The van der Waals surface area contributed by atoms with Gasteiger partial charge in [-0.15, -0.1) is 0 Å². The molecule has 2 amide bonds. The van der Waals surface area contributed by atoms with Gasteiger partial charge in [0.05, 0.1) is 11.7 Å². The van der Waals surface area contributed by atoms with E-state index in [0.29, 0.717) is 31.6 Å². The number of anilines is 1. The Labute approximate surface area is 165 Å². The highest BCUT2D eigenvalue weighted by atomic mass is 16.5. The van der Waals surface area contributed by atoms with Crippen LogP contribution in [0.5, 0.6) is 0 Å². The summed E-state index contributed by atoms with van der Waals surface area (Å²) in [5, 5.41) is 0. The van der Waals surface area contributed by atoms with Crippen LogP contribution in [0.4, 0.5) is 5.69 Å². The van der Waals surface area contributed by atoms with Gasteiger partial charge in [-0.1, -0.05) is 18.2 Å². The van der Waals surface area contributed by atoms with Crippen LogP contribution >= 0.6 is 0 Å². The SMILES string of the molecule is Cc1ccncc1C(=O)N1CCC(OC2CCN(c3ccccc3)C2=O)CC1. The minimum atomic E-state index is -0.381. The van der Waals surface area contributed by atoms with Crippen LogP contribution in [0.25, 0.3) is 0 Å². The summed E-state index contributed by atoms with van der Waals surface area (Å²) in [5.74, 6) is 0.0620. The quantitative estimate of drug-likeness (QED) is 0.820. The molecule has 6 heteroatoms. The number of rotatable bonds is 4. The summed E-state index contributed by atoms with van der Waals surface area (Å²) >= 11 is 0. The average molecular weight is 379 g/mol. The van der Waals surface area contributed by atoms with Crippen molar-refractivity contribution < 1.29 is 14.3 Å². The zero-order valence-electron chi connectivity index (χ0n) is 16.1. The molecule has 0 radical (unpaired) electrons. The summed E-state index contributed by atoms with van der Waals surface area (Å²) in [6.45, 7) is 3.89. The molecule has 0 aliphatic carbocycles. The van der Waals surface area contributed by atoms with Crippen molar-refractivity contribution in [3.05, 3.63) is 59.9 Å². The van der Waals surface area contributed by atoms with Crippen molar-refractivity contribution in [2.75, 3.05) is 24.5 Å². The molecule has 1 atom stereocenters. The summed E-state index contributed by atoms with van der Waals surface area (Å²) in [5.41, 5.74) is 2.52. The average Bonchev–Trinajstić information content (AvgIpc) is 3.09. The molecule has 1 aromatic carbocycles. The summed E-state index contributed by atoms with van der Waals surface area (Å²) in [7, 11) is 0. The molecular formula is C22H25N3O3. The minimum absolute atomic E-state index is 0.0173. The molecule has 0 saturated carbocycles. The van der Waals surface area contributed by atoms with E-state index in [2.05, 4.69) is 4.98 Å². The maximum Gasteiger partial charge on any atom is 0.256 e. The van der Waals surface area contributed by atoms with Crippen LogP contribution in [0.3, 0.4) is 0 Å². The lowest BCUT2D eigenvalue weighted by Gasteiger charge is -2.33. The number of nitrogens with zero attached hydrogens (tertiary/aromatic N) is 3. The van der Waals surface area contributed by atoms with Crippen molar-refractivity contribution in [3.8, 4) is 0 Å². The number of carbonyl (C=O) groups is 2. The molecular weight excluding hydrogens is 354 g/mol. The second kappa shape index (κ2) is 8.10. The van der Waals surface area contributed by atoms with Crippen LogP contribution in [-0.4, -0.2) is 53.5 Å². The summed E-state index contributed by atoms with van der Waals surface area (Å²) in [4.78, 5) is 33.1. The molecule has 0 N–H and O–H groups in total. The van der Waals surface area contributed by atoms with E-state index in [0.717, 1.165) is 24.1 Å². The Morgan fingerprint density at radius 3 is 2.54 bits per heavy atom. The fraction of sp³-hybridized carbons (Fsp3) is 0.409. The molecule has 2 aliphatic rings. The van der Waals surface area contributed by atoms with Crippen LogP contribution in [0, 0.1) is 6.92 Å². The van der Waals surface area contributed by atoms with Crippen molar-refractivity contribution >= 4 is 17.5 Å². The highest BCUT2D eigenvalue weighted by Crippen LogP contribution is 2.26. The molecule has 1 unspecified atom stereocenters. The number of amides is 2. The Balaban J connectivity index is 1.31. The number of para-hydroxylation sites is 1. The van der Waals surface area contributed by atoms with Gasteiger partial charge in [0, 0.05) is 44.1 Å². The highest BCUT2D eigenvalue weighted by molar-refractivity contribution is 5.98. The first-order chi connectivity index (χ1) is 13.6. The van der Waals surface area contributed by atoms with Crippen LogP contribution < -0.4 is 4.90 Å². The number of carbonyl (C=O) groups excluding carboxylic acids is 2. The Hall–Kier alpha value is -2.73. The maximum absolute atomic E-state index is 12.7. The first kappa shape index (κ1) is 18.6. The van der Waals surface area contributed by atoms with E-state index in [-0.39, 0.29) is 24.0 Å². The smallest absolute Gasteiger partial charge is 0.256 e. The third kappa shape index (κ3) is 3.78. The van der Waals surface area contributed by atoms with Crippen molar-refractivity contribution in [1.29, 1.82) is 0 Å². The molecule has 0 spiro atoms. The normalized spacial score (nSPS) is 20.6. The molecule has 2 aromatic rings. The van der Waals surface area contributed by atoms with Gasteiger partial charge in [0.15, 0.2) is 0 Å². The summed E-state index contributed by atoms with van der Waals surface area (Å²) < 4.78 is 6.13. The molecule has 6 nitrogen and oxygen atoms in total. The molecule has 4 rings (SSSR count). The number of aromatic nitrogens is 1. The third-order valence-electron chi connectivity index (χ3n) is 5.58. The van der Waals surface area contributed by atoms with E-state index < -0.39 is 0 Å². The van der Waals surface area contributed by atoms with Gasteiger partial charge in [0.2, 0.25) is 0 Å². The Kier molecular flexibility index (Phi) is 5.39. The highest BCUT2D eigenvalue weighted by Gasteiger charge is 2.36. The molecule has 146 valence electrons. The summed E-state index contributed by atoms with van der Waals surface area (Å²) in [6, 6.07) is 11.6. The van der Waals surface area contributed by atoms with E-state index in [9.17, 15) is 9.59 Å². The molecule has 3 heterocycles. The molecule has 0 bridgehead atoms. The second-order valence-electron chi connectivity index (χ2n) is 7.42. The Morgan fingerprint density at radius 1 is 1.07 bits per heavy atom. The van der Waals surface area contributed by atoms with Crippen LogP contribution in [-0.2, 0) is 9.53 Å². The largest absolute Gasteiger partial charge is 0.365 e. The number of piperidine rings is 1. The lowest BCUT2D eigenvalue weighted by atomic mass is 10.0.